The van der Waals surface area contributed by atoms with Crippen molar-refractivity contribution in [1.29, 1.82) is 0 Å². The van der Waals surface area contributed by atoms with E-state index < -0.39 is 17.2 Å². The molecular formula is C10H20N2O3. The number of amides is 1. The van der Waals surface area contributed by atoms with E-state index in [1.807, 2.05) is 20.8 Å². The Hall–Kier alpha value is -0.810. The quantitative estimate of drug-likeness (QED) is 0.710. The molecular weight excluding hydrogens is 196 g/mol. The van der Waals surface area contributed by atoms with Gasteiger partial charge in [0.15, 0.2) is 0 Å². The van der Waals surface area contributed by atoms with Crippen LogP contribution in [-0.2, 0) is 9.47 Å². The summed E-state index contributed by atoms with van der Waals surface area (Å²) in [5.74, 6) is 0. The normalized spacial score (nSPS) is 26.4. The van der Waals surface area contributed by atoms with E-state index in [0.717, 1.165) is 6.42 Å². The summed E-state index contributed by atoms with van der Waals surface area (Å²) < 4.78 is 10.3. The Morgan fingerprint density at radius 3 is 2.73 bits per heavy atom. The maximum atomic E-state index is 11.3. The molecule has 0 aromatic heterocycles. The third-order valence-electron chi connectivity index (χ3n) is 2.12. The molecule has 5 nitrogen and oxygen atoms in total. The van der Waals surface area contributed by atoms with Crippen molar-refractivity contribution >= 4 is 6.09 Å². The summed E-state index contributed by atoms with van der Waals surface area (Å²) in [6.45, 7) is 7.01. The molecule has 15 heavy (non-hydrogen) atoms. The molecule has 1 heterocycles. The fraction of sp³-hybridized carbons (Fsp3) is 0.900. The highest BCUT2D eigenvalue weighted by molar-refractivity contribution is 5.67. The van der Waals surface area contributed by atoms with Gasteiger partial charge < -0.3 is 20.5 Å². The van der Waals surface area contributed by atoms with Crippen molar-refractivity contribution in [2.45, 2.75) is 38.3 Å². The third-order valence-corrected chi connectivity index (χ3v) is 2.12. The van der Waals surface area contributed by atoms with Gasteiger partial charge in [0.1, 0.15) is 5.60 Å². The van der Waals surface area contributed by atoms with Crippen molar-refractivity contribution in [3.05, 3.63) is 0 Å². The molecule has 0 bridgehead atoms. The number of carbonyl (C=O) groups is 1. The number of hydrogen-bond donors (Lipinski definition) is 2. The van der Waals surface area contributed by atoms with Gasteiger partial charge in [-0.1, -0.05) is 0 Å². The van der Waals surface area contributed by atoms with Crippen LogP contribution in [0, 0.1) is 0 Å². The van der Waals surface area contributed by atoms with Gasteiger partial charge in [-0.2, -0.15) is 0 Å². The summed E-state index contributed by atoms with van der Waals surface area (Å²) in [5, 5.41) is 2.66. The maximum absolute atomic E-state index is 11.3. The number of rotatable bonds is 2. The maximum Gasteiger partial charge on any atom is 0.407 e. The summed E-state index contributed by atoms with van der Waals surface area (Å²) in [6.07, 6.45) is 0.335. The van der Waals surface area contributed by atoms with Crippen molar-refractivity contribution < 1.29 is 14.3 Å². The molecule has 5 heteroatoms. The summed E-state index contributed by atoms with van der Waals surface area (Å²) in [6, 6.07) is 0. The summed E-state index contributed by atoms with van der Waals surface area (Å²) in [7, 11) is 0. The van der Waals surface area contributed by atoms with Crippen LogP contribution in [0.5, 0.6) is 0 Å². The fourth-order valence-electron chi connectivity index (χ4n) is 1.32. The molecule has 0 spiro atoms. The van der Waals surface area contributed by atoms with Gasteiger partial charge in [0.2, 0.25) is 0 Å². The second-order valence-electron chi connectivity index (χ2n) is 5.02. The molecule has 0 aromatic carbocycles. The molecule has 0 aromatic rings. The van der Waals surface area contributed by atoms with Crippen LogP contribution in [0.3, 0.4) is 0 Å². The number of carbonyl (C=O) groups excluding carboxylic acids is 1. The smallest absolute Gasteiger partial charge is 0.407 e. The molecule has 1 aliphatic rings. The van der Waals surface area contributed by atoms with Crippen LogP contribution in [0.25, 0.3) is 0 Å². The predicted octanol–water partition coefficient (Wildman–Crippen LogP) is 0.629. The van der Waals surface area contributed by atoms with E-state index in [1.165, 1.54) is 0 Å². The standard InChI is InChI=1S/C10H20N2O3/c1-9(2,3)15-8(13)12-6-10(11)4-5-14-7-10/h4-7,11H2,1-3H3,(H,12,13). The van der Waals surface area contributed by atoms with Crippen molar-refractivity contribution in [2.75, 3.05) is 19.8 Å². The van der Waals surface area contributed by atoms with Gasteiger partial charge in [-0.05, 0) is 27.2 Å². The first-order valence-corrected chi connectivity index (χ1v) is 5.14. The van der Waals surface area contributed by atoms with Crippen molar-refractivity contribution in [2.24, 2.45) is 5.73 Å². The van der Waals surface area contributed by atoms with Crippen LogP contribution < -0.4 is 11.1 Å². The van der Waals surface area contributed by atoms with Gasteiger partial charge in [-0.3, -0.25) is 0 Å². The molecule has 1 rings (SSSR count). The summed E-state index contributed by atoms with van der Waals surface area (Å²) in [4.78, 5) is 11.3. The zero-order chi connectivity index (χ0) is 11.5. The highest BCUT2D eigenvalue weighted by Gasteiger charge is 2.31. The topological polar surface area (TPSA) is 73.6 Å². The van der Waals surface area contributed by atoms with E-state index in [4.69, 9.17) is 15.2 Å². The van der Waals surface area contributed by atoms with Crippen molar-refractivity contribution in [1.82, 2.24) is 5.32 Å². The van der Waals surface area contributed by atoms with Gasteiger partial charge >= 0.3 is 6.09 Å². The Kier molecular flexibility index (Phi) is 3.57. The lowest BCUT2D eigenvalue weighted by Crippen LogP contribution is -2.51. The lowest BCUT2D eigenvalue weighted by atomic mass is 10.0. The van der Waals surface area contributed by atoms with Gasteiger partial charge in [0, 0.05) is 13.2 Å². The van der Waals surface area contributed by atoms with Gasteiger partial charge in [-0.15, -0.1) is 0 Å². The molecule has 0 aliphatic carbocycles. The first-order valence-electron chi connectivity index (χ1n) is 5.14. The molecule has 1 saturated heterocycles. The molecule has 1 unspecified atom stereocenters. The Morgan fingerprint density at radius 1 is 1.60 bits per heavy atom. The number of ether oxygens (including phenoxy) is 2. The number of nitrogens with two attached hydrogens (primary N) is 1. The minimum atomic E-state index is -0.474. The summed E-state index contributed by atoms with van der Waals surface area (Å²) in [5.41, 5.74) is 5.07. The first kappa shape index (κ1) is 12.3. The van der Waals surface area contributed by atoms with Gasteiger partial charge in [0.05, 0.1) is 12.1 Å². The van der Waals surface area contributed by atoms with Crippen LogP contribution in [0.1, 0.15) is 27.2 Å². The zero-order valence-electron chi connectivity index (χ0n) is 9.63. The average molecular weight is 216 g/mol. The third kappa shape index (κ3) is 4.48. The van der Waals surface area contributed by atoms with Gasteiger partial charge in [-0.25, -0.2) is 4.79 Å². The van der Waals surface area contributed by atoms with Crippen LogP contribution in [0.15, 0.2) is 0 Å². The molecule has 1 atom stereocenters. The predicted molar refractivity (Wildman–Crippen MR) is 56.6 cm³/mol. The van der Waals surface area contributed by atoms with Crippen LogP contribution >= 0.6 is 0 Å². The fourth-order valence-corrected chi connectivity index (χ4v) is 1.32. The van der Waals surface area contributed by atoms with Crippen LogP contribution in [0.4, 0.5) is 4.79 Å². The lowest BCUT2D eigenvalue weighted by Gasteiger charge is -2.24. The minimum absolute atomic E-state index is 0.391. The molecule has 1 amide bonds. The zero-order valence-corrected chi connectivity index (χ0v) is 9.63. The SMILES string of the molecule is CC(C)(C)OC(=O)NCC1(N)CCOC1. The summed E-state index contributed by atoms with van der Waals surface area (Å²) >= 11 is 0. The number of hydrogen-bond acceptors (Lipinski definition) is 4. The highest BCUT2D eigenvalue weighted by atomic mass is 16.6. The van der Waals surface area contributed by atoms with E-state index in [1.54, 1.807) is 0 Å². The van der Waals surface area contributed by atoms with E-state index in [0.29, 0.717) is 19.8 Å². The molecule has 88 valence electrons. The molecule has 0 saturated carbocycles. The monoisotopic (exact) mass is 216 g/mol. The molecule has 1 fully saturated rings. The Morgan fingerprint density at radius 2 is 2.27 bits per heavy atom. The van der Waals surface area contributed by atoms with Gasteiger partial charge in [0.25, 0.3) is 0 Å². The number of alkyl carbamates (subject to hydrolysis) is 1. The van der Waals surface area contributed by atoms with Crippen molar-refractivity contribution in [3.8, 4) is 0 Å². The van der Waals surface area contributed by atoms with E-state index >= 15 is 0 Å². The lowest BCUT2D eigenvalue weighted by molar-refractivity contribution is 0.0512. The van der Waals surface area contributed by atoms with E-state index in [-0.39, 0.29) is 0 Å². The van der Waals surface area contributed by atoms with E-state index in [2.05, 4.69) is 5.32 Å². The minimum Gasteiger partial charge on any atom is -0.444 e. The first-order chi connectivity index (χ1) is 6.81. The van der Waals surface area contributed by atoms with Crippen LogP contribution in [-0.4, -0.2) is 37.0 Å². The molecule has 1 aliphatic heterocycles. The largest absolute Gasteiger partial charge is 0.444 e. The Balaban J connectivity index is 2.28. The Bertz CT molecular complexity index is 229. The number of nitrogens with one attached hydrogen (secondary N) is 1. The Labute approximate surface area is 90.3 Å². The molecule has 0 radical (unpaired) electrons. The highest BCUT2D eigenvalue weighted by Crippen LogP contribution is 2.14. The van der Waals surface area contributed by atoms with Crippen molar-refractivity contribution in [3.63, 3.8) is 0 Å². The van der Waals surface area contributed by atoms with Crippen LogP contribution in [0.2, 0.25) is 0 Å². The second kappa shape index (κ2) is 4.37. The second-order valence-corrected chi connectivity index (χ2v) is 5.02. The average Bonchev–Trinajstić information content (AvgIpc) is 2.47. The van der Waals surface area contributed by atoms with E-state index in [9.17, 15) is 4.79 Å². The molecule has 3 N–H and O–H groups in total.